The van der Waals surface area contributed by atoms with Crippen LogP contribution in [0.3, 0.4) is 0 Å². The van der Waals surface area contributed by atoms with Gasteiger partial charge in [0.05, 0.1) is 0 Å². The van der Waals surface area contributed by atoms with Crippen molar-refractivity contribution in [3.8, 4) is 0 Å². The molecule has 0 bridgehead atoms. The van der Waals surface area contributed by atoms with E-state index in [1.807, 2.05) is 6.92 Å². The van der Waals surface area contributed by atoms with Gasteiger partial charge in [0, 0.05) is 6.42 Å². The maximum Gasteiger partial charge on any atom is 0.460 e. The zero-order valence-electron chi connectivity index (χ0n) is 21.0. The third kappa shape index (κ3) is 7.95. The predicted molar refractivity (Wildman–Crippen MR) is 114 cm³/mol. The van der Waals surface area contributed by atoms with Crippen LogP contribution < -0.4 is 0 Å². The molecule has 0 heterocycles. The average Bonchev–Trinajstić information content (AvgIpc) is 2.80. The Bertz CT molecular complexity index is 746. The van der Waals surface area contributed by atoms with Gasteiger partial charge in [0.25, 0.3) is 0 Å². The van der Waals surface area contributed by atoms with Gasteiger partial charge in [-0.15, -0.1) is 0 Å². The normalized spacial score (nSPS) is 15.2. The summed E-state index contributed by atoms with van der Waals surface area (Å²) >= 11 is 1.77. The zero-order valence-corrected chi connectivity index (χ0v) is 21.8. The van der Waals surface area contributed by atoms with Crippen molar-refractivity contribution in [2.45, 2.75) is 125 Å². The molecule has 0 unspecified atom stereocenters. The summed E-state index contributed by atoms with van der Waals surface area (Å²) in [5, 5.41) is 0. The highest BCUT2D eigenvalue weighted by Crippen LogP contribution is 2.64. The van der Waals surface area contributed by atoms with Crippen LogP contribution in [0, 0.1) is 0 Å². The molecule has 0 aromatic carbocycles. The van der Waals surface area contributed by atoms with Crippen molar-refractivity contribution < 1.29 is 74.6 Å². The molecule has 0 aromatic heterocycles. The summed E-state index contributed by atoms with van der Waals surface area (Å²) in [5.41, 5.74) is 0. The van der Waals surface area contributed by atoms with E-state index in [2.05, 4.69) is 0 Å². The highest BCUT2D eigenvalue weighted by atomic mass is 32.2. The minimum atomic E-state index is -8.57. The Labute approximate surface area is 223 Å². The van der Waals surface area contributed by atoms with E-state index in [-0.39, 0.29) is 12.8 Å². The van der Waals surface area contributed by atoms with E-state index < -0.39 is 60.5 Å². The molecule has 0 radical (unpaired) electrons. The zero-order chi connectivity index (χ0) is 31.9. The Kier molecular flexibility index (Phi) is 13.8. The fourth-order valence-corrected chi connectivity index (χ4v) is 4.42. The third-order valence-corrected chi connectivity index (χ3v) is 7.11. The summed E-state index contributed by atoms with van der Waals surface area (Å²) in [6, 6.07) is 0. The third-order valence-electron chi connectivity index (χ3n) is 5.96. The molecule has 18 heteroatoms. The SMILES string of the molecule is CCCCSCCCCCCCCCCC(F)(F)C(F)(F)C(F)(F)C(F)(F)C(F)(F)C(F)(F)C(F)(F)C(F)(F)F. The molecule has 0 rings (SSSR count). The highest BCUT2D eigenvalue weighted by molar-refractivity contribution is 7.99. The fourth-order valence-electron chi connectivity index (χ4n) is 3.31. The quantitative estimate of drug-likeness (QED) is 0.0935. The molecule has 0 aliphatic carbocycles. The number of thioether (sulfide) groups is 1. The molecule has 40 heavy (non-hydrogen) atoms. The van der Waals surface area contributed by atoms with Gasteiger partial charge >= 0.3 is 47.6 Å². The Balaban J connectivity index is 5.22. The lowest BCUT2D eigenvalue weighted by atomic mass is 9.87. The summed E-state index contributed by atoms with van der Waals surface area (Å²) < 4.78 is 225. The van der Waals surface area contributed by atoms with Gasteiger partial charge in [0.15, 0.2) is 0 Å². The van der Waals surface area contributed by atoms with E-state index in [4.69, 9.17) is 0 Å². The van der Waals surface area contributed by atoms with Crippen molar-refractivity contribution in [3.63, 3.8) is 0 Å². The number of hydrogen-bond donors (Lipinski definition) is 0. The second kappa shape index (κ2) is 14.1. The predicted octanol–water partition coefficient (Wildman–Crippen LogP) is 11.0. The lowest BCUT2D eigenvalue weighted by Crippen LogP contribution is -2.74. The Hall–Kier alpha value is -0.840. The molecule has 0 nitrogen and oxygen atoms in total. The maximum absolute atomic E-state index is 13.8. The number of hydrogen-bond acceptors (Lipinski definition) is 1. The second-order valence-corrected chi connectivity index (χ2v) is 10.4. The smallest absolute Gasteiger partial charge is 0.200 e. The molecule has 0 atom stereocenters. The molecule has 0 saturated heterocycles. The molecule has 0 saturated carbocycles. The molecule has 242 valence electrons. The van der Waals surface area contributed by atoms with Crippen LogP contribution in [-0.4, -0.2) is 59.1 Å². The van der Waals surface area contributed by atoms with Crippen molar-refractivity contribution in [1.82, 2.24) is 0 Å². The minimum Gasteiger partial charge on any atom is -0.200 e. The molecular formula is C22H29F17S. The molecule has 0 spiro atoms. The summed E-state index contributed by atoms with van der Waals surface area (Å²) in [6.45, 7) is 2.05. The maximum atomic E-state index is 13.8. The van der Waals surface area contributed by atoms with E-state index in [9.17, 15) is 74.6 Å². The minimum absolute atomic E-state index is 0.0935. The Morgan fingerprint density at radius 2 is 0.700 bits per heavy atom. The van der Waals surface area contributed by atoms with Crippen molar-refractivity contribution in [3.05, 3.63) is 0 Å². The van der Waals surface area contributed by atoms with Crippen molar-refractivity contribution in [2.75, 3.05) is 11.5 Å². The number of unbranched alkanes of at least 4 members (excludes halogenated alkanes) is 8. The molecular weight excluding hydrogens is 619 g/mol. The molecule has 0 aromatic rings. The van der Waals surface area contributed by atoms with E-state index in [0.717, 1.165) is 43.6 Å². The summed E-state index contributed by atoms with van der Waals surface area (Å²) in [4.78, 5) is 0. The number of rotatable bonds is 20. The molecule has 0 amide bonds. The van der Waals surface area contributed by atoms with Gasteiger partial charge in [0.1, 0.15) is 0 Å². The van der Waals surface area contributed by atoms with Crippen LogP contribution in [0.4, 0.5) is 74.6 Å². The average molecular weight is 649 g/mol. The fraction of sp³-hybridized carbons (Fsp3) is 1.00. The summed E-state index contributed by atoms with van der Waals surface area (Å²) in [7, 11) is 0. The lowest BCUT2D eigenvalue weighted by molar-refractivity contribution is -0.461. The van der Waals surface area contributed by atoms with Gasteiger partial charge in [-0.1, -0.05) is 51.9 Å². The van der Waals surface area contributed by atoms with Gasteiger partial charge in [-0.05, 0) is 30.8 Å². The van der Waals surface area contributed by atoms with Gasteiger partial charge in [-0.3, -0.25) is 0 Å². The highest BCUT2D eigenvalue weighted by Gasteiger charge is 2.95. The van der Waals surface area contributed by atoms with Gasteiger partial charge < -0.3 is 0 Å². The number of alkyl halides is 17. The molecule has 0 aliphatic rings. The van der Waals surface area contributed by atoms with Crippen LogP contribution in [0.25, 0.3) is 0 Å². The van der Waals surface area contributed by atoms with Gasteiger partial charge in [-0.25, -0.2) is 0 Å². The van der Waals surface area contributed by atoms with Gasteiger partial charge in [0.2, 0.25) is 0 Å². The second-order valence-electron chi connectivity index (χ2n) is 9.19. The molecule has 0 aliphatic heterocycles. The van der Waals surface area contributed by atoms with Gasteiger partial charge in [-0.2, -0.15) is 86.4 Å². The van der Waals surface area contributed by atoms with E-state index in [0.29, 0.717) is 12.8 Å². The van der Waals surface area contributed by atoms with Crippen LogP contribution in [-0.2, 0) is 0 Å². The lowest BCUT2D eigenvalue weighted by Gasteiger charge is -2.42. The van der Waals surface area contributed by atoms with Crippen LogP contribution in [0.2, 0.25) is 0 Å². The monoisotopic (exact) mass is 648 g/mol. The van der Waals surface area contributed by atoms with Crippen molar-refractivity contribution in [1.29, 1.82) is 0 Å². The van der Waals surface area contributed by atoms with Crippen molar-refractivity contribution in [2.24, 2.45) is 0 Å². The summed E-state index contributed by atoms with van der Waals surface area (Å²) in [5.74, 6) is -53.8. The van der Waals surface area contributed by atoms with Crippen LogP contribution >= 0.6 is 11.8 Å². The topological polar surface area (TPSA) is 0 Å². The summed E-state index contributed by atoms with van der Waals surface area (Å²) in [6.07, 6.45) is -5.77. The van der Waals surface area contributed by atoms with Crippen LogP contribution in [0.5, 0.6) is 0 Å². The molecule has 0 fully saturated rings. The van der Waals surface area contributed by atoms with Crippen LogP contribution in [0.1, 0.15) is 77.6 Å². The Morgan fingerprint density at radius 3 is 1.10 bits per heavy atom. The van der Waals surface area contributed by atoms with Crippen LogP contribution in [0.15, 0.2) is 0 Å². The first-order valence-corrected chi connectivity index (χ1v) is 13.3. The first-order chi connectivity index (χ1) is 17.8. The molecule has 0 N–H and O–H groups in total. The van der Waals surface area contributed by atoms with Crippen molar-refractivity contribution >= 4 is 11.8 Å². The number of halogens is 17. The largest absolute Gasteiger partial charge is 0.460 e. The van der Waals surface area contributed by atoms with E-state index in [1.54, 1.807) is 11.8 Å². The first-order valence-electron chi connectivity index (χ1n) is 12.1. The first kappa shape index (κ1) is 39.2. The van der Waals surface area contributed by atoms with E-state index >= 15 is 0 Å². The standard InChI is InChI=1S/C22H29F17S/c1-2-3-13-40-14-11-9-7-5-4-6-8-10-12-15(23,24)16(25,26)17(27,28)18(29,30)19(31,32)20(33,34)21(35,36)22(37,38)39/h2-14H2,1H3. The van der Waals surface area contributed by atoms with E-state index in [1.165, 1.54) is 0 Å². The Morgan fingerprint density at radius 1 is 0.375 bits per heavy atom.